The number of fused-ring (bicyclic) bond motifs is 1. The molecule has 2 N–H and O–H groups in total. The van der Waals surface area contributed by atoms with Crippen molar-refractivity contribution < 1.29 is 9.53 Å². The van der Waals surface area contributed by atoms with Gasteiger partial charge in [0.05, 0.1) is 11.7 Å². The Balaban J connectivity index is 0.00000300. The number of halogens is 1. The predicted octanol–water partition coefficient (Wildman–Crippen LogP) is 2.67. The second-order valence-electron chi connectivity index (χ2n) is 8.00. The highest BCUT2D eigenvalue weighted by Crippen LogP contribution is 2.12. The van der Waals surface area contributed by atoms with Crippen LogP contribution in [0.3, 0.4) is 0 Å². The lowest BCUT2D eigenvalue weighted by Crippen LogP contribution is -2.44. The van der Waals surface area contributed by atoms with Gasteiger partial charge in [-0.05, 0) is 39.3 Å². The van der Waals surface area contributed by atoms with Gasteiger partial charge in [-0.15, -0.1) is 24.0 Å². The largest absolute Gasteiger partial charge is 0.444 e. The Labute approximate surface area is 189 Å². The number of hydrogen-bond acceptors (Lipinski definition) is 4. The Hall–Kier alpha value is -2.04. The van der Waals surface area contributed by atoms with Crippen LogP contribution in [0.4, 0.5) is 4.79 Å². The molecule has 29 heavy (non-hydrogen) atoms. The summed E-state index contributed by atoms with van der Waals surface area (Å²) >= 11 is 0. The Morgan fingerprint density at radius 2 is 2.17 bits per heavy atom. The molecule has 1 unspecified atom stereocenters. The molecule has 2 aromatic heterocycles. The Kier molecular flexibility index (Phi) is 8.12. The summed E-state index contributed by atoms with van der Waals surface area (Å²) in [4.78, 5) is 23.1. The zero-order valence-corrected chi connectivity index (χ0v) is 19.8. The number of carbonyl (C=O) groups excluding carboxylic acids is 1. The van der Waals surface area contributed by atoms with E-state index in [1.165, 1.54) is 0 Å². The summed E-state index contributed by atoms with van der Waals surface area (Å²) in [5.74, 6) is 0.845. The Morgan fingerprint density at radius 1 is 1.38 bits per heavy atom. The number of pyridine rings is 1. The van der Waals surface area contributed by atoms with Gasteiger partial charge < -0.3 is 24.7 Å². The Bertz CT molecular complexity index is 812. The van der Waals surface area contributed by atoms with Crippen molar-refractivity contribution in [1.29, 1.82) is 0 Å². The minimum Gasteiger partial charge on any atom is -0.444 e. The second kappa shape index (κ2) is 10.1. The van der Waals surface area contributed by atoms with Gasteiger partial charge in [0.25, 0.3) is 0 Å². The number of imidazole rings is 1. The first-order valence-electron chi connectivity index (χ1n) is 9.72. The number of guanidine groups is 1. The first-order chi connectivity index (χ1) is 13.3. The zero-order valence-electron chi connectivity index (χ0n) is 17.5. The summed E-state index contributed by atoms with van der Waals surface area (Å²) in [5.41, 5.74) is 1.51. The number of amides is 1. The fourth-order valence-electron chi connectivity index (χ4n) is 3.29. The number of nitrogens with one attached hydrogen (secondary N) is 2. The molecule has 1 aliphatic rings. The summed E-state index contributed by atoms with van der Waals surface area (Å²) in [6, 6.07) is 6.04. The van der Waals surface area contributed by atoms with Crippen LogP contribution in [0.2, 0.25) is 0 Å². The Morgan fingerprint density at radius 3 is 2.86 bits per heavy atom. The molecule has 1 fully saturated rings. The summed E-state index contributed by atoms with van der Waals surface area (Å²) in [6.45, 7) is 7.89. The highest BCUT2D eigenvalue weighted by atomic mass is 127. The molecule has 1 aliphatic heterocycles. The van der Waals surface area contributed by atoms with Crippen molar-refractivity contribution in [2.75, 3.05) is 26.7 Å². The molecular formula is C20H31IN6O2. The molecule has 160 valence electrons. The maximum atomic E-state index is 12.0. The number of nitrogens with zero attached hydrogens (tertiary/aromatic N) is 4. The van der Waals surface area contributed by atoms with E-state index in [9.17, 15) is 4.79 Å². The van der Waals surface area contributed by atoms with Crippen LogP contribution in [0, 0.1) is 0 Å². The van der Waals surface area contributed by atoms with Gasteiger partial charge >= 0.3 is 6.09 Å². The number of hydrogen-bond donors (Lipinski definition) is 2. The van der Waals surface area contributed by atoms with Gasteiger partial charge in [0, 0.05) is 45.5 Å². The number of likely N-dealkylation sites (tertiary alicyclic amines) is 1. The van der Waals surface area contributed by atoms with E-state index in [-0.39, 0.29) is 36.1 Å². The van der Waals surface area contributed by atoms with E-state index in [2.05, 4.69) is 31.7 Å². The average Bonchev–Trinajstić information content (AvgIpc) is 3.23. The standard InChI is InChI=1S/C20H30N6O2.HI/c1-20(2,3)28-19(27)24-16-9-12-26(14-16)18(21-4)22-10-8-15-13-25-11-6-5-7-17(25)23-15;/h5-7,11,13,16H,8-10,12,14H2,1-4H3,(H,21,22)(H,24,27);1H. The molecule has 8 nitrogen and oxygen atoms in total. The quantitative estimate of drug-likeness (QED) is 0.373. The van der Waals surface area contributed by atoms with Crippen molar-refractivity contribution in [3.05, 3.63) is 36.3 Å². The summed E-state index contributed by atoms with van der Waals surface area (Å²) in [7, 11) is 1.78. The molecule has 0 aliphatic carbocycles. The van der Waals surface area contributed by atoms with Crippen LogP contribution in [-0.2, 0) is 11.2 Å². The van der Waals surface area contributed by atoms with Crippen molar-refractivity contribution >= 4 is 41.7 Å². The number of alkyl carbamates (subject to hydrolysis) is 1. The maximum absolute atomic E-state index is 12.0. The third-order valence-corrected chi connectivity index (χ3v) is 4.50. The number of rotatable bonds is 4. The van der Waals surface area contributed by atoms with E-state index in [0.717, 1.165) is 43.2 Å². The molecule has 0 bridgehead atoms. The van der Waals surface area contributed by atoms with Crippen molar-refractivity contribution in [2.45, 2.75) is 45.3 Å². The van der Waals surface area contributed by atoms with E-state index in [0.29, 0.717) is 6.54 Å². The molecule has 0 radical (unpaired) electrons. The third kappa shape index (κ3) is 6.76. The van der Waals surface area contributed by atoms with E-state index in [1.54, 1.807) is 7.05 Å². The van der Waals surface area contributed by atoms with E-state index >= 15 is 0 Å². The van der Waals surface area contributed by atoms with Gasteiger partial charge in [-0.1, -0.05) is 6.07 Å². The van der Waals surface area contributed by atoms with Gasteiger partial charge in [-0.3, -0.25) is 4.99 Å². The van der Waals surface area contributed by atoms with Gasteiger partial charge in [0.15, 0.2) is 5.96 Å². The number of carbonyl (C=O) groups is 1. The maximum Gasteiger partial charge on any atom is 0.407 e. The summed E-state index contributed by atoms with van der Waals surface area (Å²) < 4.78 is 7.36. The van der Waals surface area contributed by atoms with Crippen molar-refractivity contribution in [3.63, 3.8) is 0 Å². The summed E-state index contributed by atoms with van der Waals surface area (Å²) in [6.07, 6.45) is 5.37. The van der Waals surface area contributed by atoms with Crippen LogP contribution in [0.25, 0.3) is 5.65 Å². The first kappa shape index (κ1) is 23.2. The van der Waals surface area contributed by atoms with Gasteiger partial charge in [0.2, 0.25) is 0 Å². The SMILES string of the molecule is CN=C(NCCc1cn2ccccc2n1)N1CCC(NC(=O)OC(C)(C)C)C1.I. The van der Waals surface area contributed by atoms with Gasteiger partial charge in [0.1, 0.15) is 11.2 Å². The molecular weight excluding hydrogens is 483 g/mol. The van der Waals surface area contributed by atoms with Gasteiger partial charge in [-0.2, -0.15) is 0 Å². The molecule has 0 aromatic carbocycles. The van der Waals surface area contributed by atoms with Crippen LogP contribution in [-0.4, -0.2) is 64.7 Å². The second-order valence-corrected chi connectivity index (χ2v) is 8.00. The average molecular weight is 514 g/mol. The van der Waals surface area contributed by atoms with E-state index < -0.39 is 5.60 Å². The monoisotopic (exact) mass is 514 g/mol. The van der Waals surface area contributed by atoms with Crippen molar-refractivity contribution in [3.8, 4) is 0 Å². The number of ether oxygens (including phenoxy) is 1. The van der Waals surface area contributed by atoms with Crippen LogP contribution in [0.5, 0.6) is 0 Å². The number of aliphatic imine (C=N–C) groups is 1. The van der Waals surface area contributed by atoms with Crippen molar-refractivity contribution in [2.24, 2.45) is 4.99 Å². The molecule has 3 rings (SSSR count). The first-order valence-corrected chi connectivity index (χ1v) is 9.72. The minimum atomic E-state index is -0.488. The molecule has 1 saturated heterocycles. The highest BCUT2D eigenvalue weighted by Gasteiger charge is 2.27. The predicted molar refractivity (Wildman–Crippen MR) is 125 cm³/mol. The molecule has 1 amide bonds. The van der Waals surface area contributed by atoms with Crippen LogP contribution in [0.1, 0.15) is 32.9 Å². The van der Waals surface area contributed by atoms with E-state index in [1.807, 2.05) is 49.6 Å². The molecule has 2 aromatic rings. The normalized spacial score (nSPS) is 17.2. The molecule has 0 saturated carbocycles. The lowest BCUT2D eigenvalue weighted by molar-refractivity contribution is 0.0507. The number of aromatic nitrogens is 2. The van der Waals surface area contributed by atoms with E-state index in [4.69, 9.17) is 4.74 Å². The molecule has 1 atom stereocenters. The lowest BCUT2D eigenvalue weighted by Gasteiger charge is -2.23. The zero-order chi connectivity index (χ0) is 20.1. The fraction of sp³-hybridized carbons (Fsp3) is 0.550. The smallest absolute Gasteiger partial charge is 0.407 e. The fourth-order valence-corrected chi connectivity index (χ4v) is 3.29. The van der Waals surface area contributed by atoms with Crippen molar-refractivity contribution in [1.82, 2.24) is 24.9 Å². The van der Waals surface area contributed by atoms with Crippen LogP contribution in [0.15, 0.2) is 35.6 Å². The van der Waals surface area contributed by atoms with Crippen LogP contribution >= 0.6 is 24.0 Å². The topological polar surface area (TPSA) is 83.3 Å². The summed E-state index contributed by atoms with van der Waals surface area (Å²) in [5, 5.41) is 6.34. The molecule has 3 heterocycles. The molecule has 0 spiro atoms. The van der Waals surface area contributed by atoms with Gasteiger partial charge in [-0.25, -0.2) is 9.78 Å². The van der Waals surface area contributed by atoms with Crippen LogP contribution < -0.4 is 10.6 Å². The molecule has 9 heteroatoms. The highest BCUT2D eigenvalue weighted by molar-refractivity contribution is 14.0. The minimum absolute atomic E-state index is 0. The third-order valence-electron chi connectivity index (χ3n) is 4.50. The lowest BCUT2D eigenvalue weighted by atomic mass is 10.2.